The zero-order valence-corrected chi connectivity index (χ0v) is 16.3. The fraction of sp³-hybridized carbons (Fsp3) is 0.0870. The number of aromatic nitrogens is 3. The third kappa shape index (κ3) is 3.89. The first-order valence-corrected chi connectivity index (χ1v) is 10.00. The predicted octanol–water partition coefficient (Wildman–Crippen LogP) is 5.22. The quantitative estimate of drug-likeness (QED) is 0.337. The molecule has 0 aliphatic heterocycles. The lowest BCUT2D eigenvalue weighted by molar-refractivity contribution is 0.102. The highest BCUT2D eigenvalue weighted by Gasteiger charge is 2.17. The molecule has 0 aliphatic carbocycles. The van der Waals surface area contributed by atoms with Gasteiger partial charge in [-0.15, -0.1) is 10.2 Å². The van der Waals surface area contributed by atoms with E-state index in [1.54, 1.807) is 0 Å². The van der Waals surface area contributed by atoms with Crippen LogP contribution in [-0.4, -0.2) is 26.3 Å². The second-order valence-electron chi connectivity index (χ2n) is 6.42. The number of carbonyl (C=O) groups is 1. The summed E-state index contributed by atoms with van der Waals surface area (Å²) in [5.41, 5.74) is 3.85. The molecule has 5 heteroatoms. The average Bonchev–Trinajstić information content (AvgIpc) is 3.18. The van der Waals surface area contributed by atoms with Crippen LogP contribution in [0.3, 0.4) is 0 Å². The molecule has 1 aromatic heterocycles. The van der Waals surface area contributed by atoms with Crippen molar-refractivity contribution in [2.75, 3.05) is 5.75 Å². The normalized spacial score (nSPS) is 10.8. The highest BCUT2D eigenvalue weighted by atomic mass is 32.2. The third-order valence-electron chi connectivity index (χ3n) is 4.39. The van der Waals surface area contributed by atoms with E-state index in [2.05, 4.69) is 29.3 Å². The SMILES string of the molecule is Cc1ccc(-n2c(SCC(=O)c3ccccc3)nnc2-c2ccccc2)cc1. The molecule has 0 radical (unpaired) electrons. The van der Waals surface area contributed by atoms with Crippen molar-refractivity contribution in [1.29, 1.82) is 0 Å². The molecule has 0 amide bonds. The fourth-order valence-electron chi connectivity index (χ4n) is 2.90. The fourth-order valence-corrected chi connectivity index (χ4v) is 3.75. The molecule has 0 unspecified atom stereocenters. The van der Waals surface area contributed by atoms with Gasteiger partial charge in [0.15, 0.2) is 16.8 Å². The molecule has 1 heterocycles. The molecule has 0 bridgehead atoms. The molecule has 138 valence electrons. The Morgan fingerprint density at radius 3 is 2.18 bits per heavy atom. The summed E-state index contributed by atoms with van der Waals surface area (Å²) in [7, 11) is 0. The van der Waals surface area contributed by atoms with Crippen molar-refractivity contribution in [3.8, 4) is 17.1 Å². The van der Waals surface area contributed by atoms with Crippen LogP contribution in [0.5, 0.6) is 0 Å². The van der Waals surface area contributed by atoms with E-state index >= 15 is 0 Å². The smallest absolute Gasteiger partial charge is 0.196 e. The van der Waals surface area contributed by atoms with E-state index in [1.807, 2.05) is 77.4 Å². The van der Waals surface area contributed by atoms with Crippen molar-refractivity contribution in [3.05, 3.63) is 96.1 Å². The van der Waals surface area contributed by atoms with E-state index in [1.165, 1.54) is 17.3 Å². The Morgan fingerprint density at radius 1 is 0.857 bits per heavy atom. The van der Waals surface area contributed by atoms with Crippen molar-refractivity contribution in [2.45, 2.75) is 12.1 Å². The first-order chi connectivity index (χ1) is 13.7. The van der Waals surface area contributed by atoms with Crippen LogP contribution in [0.4, 0.5) is 0 Å². The van der Waals surface area contributed by atoms with Crippen molar-refractivity contribution < 1.29 is 4.79 Å². The second kappa shape index (κ2) is 8.23. The summed E-state index contributed by atoms with van der Waals surface area (Å²) in [5, 5.41) is 9.50. The zero-order chi connectivity index (χ0) is 19.3. The summed E-state index contributed by atoms with van der Waals surface area (Å²) < 4.78 is 2.01. The van der Waals surface area contributed by atoms with E-state index in [9.17, 15) is 4.79 Å². The van der Waals surface area contributed by atoms with Gasteiger partial charge in [-0.05, 0) is 19.1 Å². The molecular formula is C23H19N3OS. The lowest BCUT2D eigenvalue weighted by Crippen LogP contribution is -2.05. The first-order valence-electron chi connectivity index (χ1n) is 9.01. The molecule has 4 aromatic rings. The maximum absolute atomic E-state index is 12.5. The van der Waals surface area contributed by atoms with Crippen molar-refractivity contribution in [3.63, 3.8) is 0 Å². The monoisotopic (exact) mass is 385 g/mol. The minimum atomic E-state index is 0.0744. The largest absolute Gasteiger partial charge is 0.293 e. The van der Waals surface area contributed by atoms with E-state index in [0.29, 0.717) is 16.5 Å². The first kappa shape index (κ1) is 18.2. The van der Waals surface area contributed by atoms with Crippen molar-refractivity contribution >= 4 is 17.5 Å². The molecular weight excluding hydrogens is 366 g/mol. The van der Waals surface area contributed by atoms with Gasteiger partial charge in [-0.2, -0.15) is 0 Å². The summed E-state index contributed by atoms with van der Waals surface area (Å²) in [4.78, 5) is 12.5. The van der Waals surface area contributed by atoms with Crippen LogP contribution in [-0.2, 0) is 0 Å². The number of aryl methyl sites for hydroxylation is 1. The second-order valence-corrected chi connectivity index (χ2v) is 7.36. The molecule has 0 aliphatic rings. The van der Waals surface area contributed by atoms with Gasteiger partial charge in [-0.1, -0.05) is 90.1 Å². The maximum atomic E-state index is 12.5. The Hall–Kier alpha value is -3.18. The Labute approximate surface area is 168 Å². The highest BCUT2D eigenvalue weighted by molar-refractivity contribution is 7.99. The van der Waals surface area contributed by atoms with Crippen LogP contribution in [0.2, 0.25) is 0 Å². The minimum Gasteiger partial charge on any atom is -0.293 e. The van der Waals surface area contributed by atoms with Crippen molar-refractivity contribution in [2.24, 2.45) is 0 Å². The van der Waals surface area contributed by atoms with Gasteiger partial charge < -0.3 is 0 Å². The van der Waals surface area contributed by atoms with Gasteiger partial charge in [0.2, 0.25) is 0 Å². The molecule has 28 heavy (non-hydrogen) atoms. The predicted molar refractivity (Wildman–Crippen MR) is 113 cm³/mol. The minimum absolute atomic E-state index is 0.0744. The van der Waals surface area contributed by atoms with E-state index in [-0.39, 0.29) is 5.78 Å². The highest BCUT2D eigenvalue weighted by Crippen LogP contribution is 2.28. The summed E-state index contributed by atoms with van der Waals surface area (Å²) in [5.74, 6) is 1.15. The van der Waals surface area contributed by atoms with E-state index < -0.39 is 0 Å². The molecule has 0 saturated heterocycles. The average molecular weight is 385 g/mol. The Bertz CT molecular complexity index is 1070. The molecule has 3 aromatic carbocycles. The summed E-state index contributed by atoms with van der Waals surface area (Å²) in [6, 6.07) is 27.5. The topological polar surface area (TPSA) is 47.8 Å². The molecule has 4 rings (SSSR count). The molecule has 0 fully saturated rings. The van der Waals surface area contributed by atoms with Gasteiger partial charge in [0.1, 0.15) is 0 Å². The number of hydrogen-bond donors (Lipinski definition) is 0. The summed E-state index contributed by atoms with van der Waals surface area (Å²) in [6.45, 7) is 2.06. The van der Waals surface area contributed by atoms with Crippen LogP contribution >= 0.6 is 11.8 Å². The number of carbonyl (C=O) groups excluding carboxylic acids is 1. The van der Waals surface area contributed by atoms with Gasteiger partial charge in [0.25, 0.3) is 0 Å². The van der Waals surface area contributed by atoms with Crippen molar-refractivity contribution in [1.82, 2.24) is 14.8 Å². The van der Waals surface area contributed by atoms with E-state index in [4.69, 9.17) is 0 Å². The summed E-state index contributed by atoms with van der Waals surface area (Å²) in [6.07, 6.45) is 0. The van der Waals surface area contributed by atoms with Crippen LogP contribution in [0, 0.1) is 6.92 Å². The van der Waals surface area contributed by atoms with Crippen LogP contribution in [0.15, 0.2) is 90.1 Å². The number of Topliss-reactive ketones (excluding diaryl/α,β-unsaturated/α-hetero) is 1. The van der Waals surface area contributed by atoms with Gasteiger partial charge in [-0.3, -0.25) is 9.36 Å². The molecule has 0 saturated carbocycles. The number of ketones is 1. The molecule has 0 N–H and O–H groups in total. The van der Waals surface area contributed by atoms with E-state index in [0.717, 1.165) is 17.1 Å². The maximum Gasteiger partial charge on any atom is 0.196 e. The van der Waals surface area contributed by atoms with Gasteiger partial charge >= 0.3 is 0 Å². The number of rotatable bonds is 6. The number of nitrogens with zero attached hydrogens (tertiary/aromatic N) is 3. The molecule has 0 atom stereocenters. The summed E-state index contributed by atoms with van der Waals surface area (Å²) >= 11 is 1.40. The Morgan fingerprint density at radius 2 is 1.50 bits per heavy atom. The lowest BCUT2D eigenvalue weighted by Gasteiger charge is -2.10. The number of thioether (sulfide) groups is 1. The van der Waals surface area contributed by atoms with Crippen LogP contribution in [0.25, 0.3) is 17.1 Å². The Balaban J connectivity index is 1.68. The lowest BCUT2D eigenvalue weighted by atomic mass is 10.2. The van der Waals surface area contributed by atoms with Crippen LogP contribution < -0.4 is 0 Å². The van der Waals surface area contributed by atoms with Gasteiger partial charge in [0.05, 0.1) is 5.75 Å². The third-order valence-corrected chi connectivity index (χ3v) is 5.31. The standard InChI is InChI=1S/C23H19N3OS/c1-17-12-14-20(15-13-17)26-22(19-10-6-3-7-11-19)24-25-23(26)28-16-21(27)18-8-4-2-5-9-18/h2-15H,16H2,1H3. The number of benzene rings is 3. The van der Waals surface area contributed by atoms with Crippen LogP contribution in [0.1, 0.15) is 15.9 Å². The van der Waals surface area contributed by atoms with Gasteiger partial charge in [0, 0.05) is 16.8 Å². The Kier molecular flexibility index (Phi) is 5.35. The molecule has 4 nitrogen and oxygen atoms in total. The van der Waals surface area contributed by atoms with Gasteiger partial charge in [-0.25, -0.2) is 0 Å². The molecule has 0 spiro atoms. The zero-order valence-electron chi connectivity index (χ0n) is 15.4. The number of hydrogen-bond acceptors (Lipinski definition) is 4.